The number of benzene rings is 2. The monoisotopic (exact) mass is 257 g/mol. The van der Waals surface area contributed by atoms with E-state index in [0.29, 0.717) is 0 Å². The zero-order chi connectivity index (χ0) is 13.7. The summed E-state index contributed by atoms with van der Waals surface area (Å²) in [4.78, 5) is 0. The van der Waals surface area contributed by atoms with Crippen LogP contribution in [-0.2, 0) is 6.54 Å². The first kappa shape index (κ1) is 13.4. The molecule has 2 aromatic carbocycles. The van der Waals surface area contributed by atoms with Gasteiger partial charge in [-0.2, -0.15) is 0 Å². The number of methoxy groups -OCH3 is 1. The van der Waals surface area contributed by atoms with Gasteiger partial charge in [0.1, 0.15) is 5.75 Å². The average molecular weight is 257 g/mol. The first-order valence-corrected chi connectivity index (χ1v) is 6.29. The van der Waals surface area contributed by atoms with E-state index in [0.717, 1.165) is 29.4 Å². The van der Waals surface area contributed by atoms with Crippen molar-refractivity contribution in [3.63, 3.8) is 0 Å². The number of ether oxygens (including phenoxy) is 2. The molecule has 0 heterocycles. The van der Waals surface area contributed by atoms with E-state index in [-0.39, 0.29) is 0 Å². The Kier molecular flexibility index (Phi) is 4.42. The second kappa shape index (κ2) is 6.25. The lowest BCUT2D eigenvalue weighted by molar-refractivity contribution is 0.378. The van der Waals surface area contributed by atoms with Crippen LogP contribution in [-0.4, -0.2) is 14.2 Å². The van der Waals surface area contributed by atoms with Crippen LogP contribution in [0.1, 0.15) is 11.1 Å². The van der Waals surface area contributed by atoms with Crippen molar-refractivity contribution in [1.29, 1.82) is 0 Å². The molecule has 1 N–H and O–H groups in total. The van der Waals surface area contributed by atoms with Crippen LogP contribution < -0.4 is 14.8 Å². The highest BCUT2D eigenvalue weighted by Gasteiger charge is 2.06. The van der Waals surface area contributed by atoms with E-state index in [4.69, 9.17) is 9.47 Å². The van der Waals surface area contributed by atoms with Crippen molar-refractivity contribution in [3.05, 3.63) is 53.6 Å². The van der Waals surface area contributed by atoms with Gasteiger partial charge in [0.15, 0.2) is 11.5 Å². The molecule has 0 fully saturated rings. The van der Waals surface area contributed by atoms with Crippen molar-refractivity contribution in [3.8, 4) is 17.2 Å². The SMILES string of the molecule is CNCc1cccc(Oc2ccc(C)cc2OC)c1. The standard InChI is InChI=1S/C16H19NO2/c1-12-7-8-15(16(9-12)18-3)19-14-6-4-5-13(10-14)11-17-2/h4-10,17H,11H2,1-3H3. The summed E-state index contributed by atoms with van der Waals surface area (Å²) in [6.45, 7) is 2.85. The van der Waals surface area contributed by atoms with E-state index < -0.39 is 0 Å². The summed E-state index contributed by atoms with van der Waals surface area (Å²) < 4.78 is 11.2. The predicted molar refractivity (Wildman–Crippen MR) is 77.0 cm³/mol. The largest absolute Gasteiger partial charge is 0.493 e. The highest BCUT2D eigenvalue weighted by Crippen LogP contribution is 2.32. The Balaban J connectivity index is 2.23. The number of hydrogen-bond donors (Lipinski definition) is 1. The molecule has 0 saturated heterocycles. The summed E-state index contributed by atoms with van der Waals surface area (Å²) in [5, 5.41) is 3.12. The van der Waals surface area contributed by atoms with Gasteiger partial charge < -0.3 is 14.8 Å². The molecule has 0 saturated carbocycles. The number of hydrogen-bond acceptors (Lipinski definition) is 3. The van der Waals surface area contributed by atoms with Gasteiger partial charge in [-0.05, 0) is 49.4 Å². The molecule has 0 aliphatic rings. The molecule has 0 spiro atoms. The molecule has 100 valence electrons. The molecule has 0 amide bonds. The summed E-state index contributed by atoms with van der Waals surface area (Å²) in [6, 6.07) is 13.9. The van der Waals surface area contributed by atoms with Crippen LogP contribution in [0.2, 0.25) is 0 Å². The molecule has 0 aliphatic carbocycles. The minimum Gasteiger partial charge on any atom is -0.493 e. The fourth-order valence-corrected chi connectivity index (χ4v) is 1.91. The third kappa shape index (κ3) is 3.48. The quantitative estimate of drug-likeness (QED) is 0.889. The highest BCUT2D eigenvalue weighted by atomic mass is 16.5. The summed E-state index contributed by atoms with van der Waals surface area (Å²) >= 11 is 0. The Morgan fingerprint density at radius 3 is 2.63 bits per heavy atom. The third-order valence-corrected chi connectivity index (χ3v) is 2.83. The average Bonchev–Trinajstić information content (AvgIpc) is 2.41. The van der Waals surface area contributed by atoms with Gasteiger partial charge in [0.2, 0.25) is 0 Å². The molecule has 0 aromatic heterocycles. The van der Waals surface area contributed by atoms with Crippen molar-refractivity contribution in [2.75, 3.05) is 14.2 Å². The molecule has 0 atom stereocenters. The zero-order valence-electron chi connectivity index (χ0n) is 11.6. The molecule has 0 bridgehead atoms. The minimum atomic E-state index is 0.731. The van der Waals surface area contributed by atoms with Gasteiger partial charge >= 0.3 is 0 Å². The summed E-state index contributed by atoms with van der Waals surface area (Å²) in [6.07, 6.45) is 0. The maximum absolute atomic E-state index is 5.89. The Hall–Kier alpha value is -2.00. The lowest BCUT2D eigenvalue weighted by atomic mass is 10.2. The van der Waals surface area contributed by atoms with Gasteiger partial charge in [0.05, 0.1) is 7.11 Å². The summed E-state index contributed by atoms with van der Waals surface area (Å²) in [7, 11) is 3.58. The Bertz CT molecular complexity index is 552. The number of aryl methyl sites for hydroxylation is 1. The molecule has 2 aromatic rings. The van der Waals surface area contributed by atoms with Gasteiger partial charge in [0, 0.05) is 6.54 Å². The first-order chi connectivity index (χ1) is 9.22. The number of rotatable bonds is 5. The van der Waals surface area contributed by atoms with Crippen LogP contribution in [0, 0.1) is 6.92 Å². The van der Waals surface area contributed by atoms with Crippen LogP contribution in [0.25, 0.3) is 0 Å². The van der Waals surface area contributed by atoms with Gasteiger partial charge in [-0.3, -0.25) is 0 Å². The Morgan fingerprint density at radius 1 is 1.05 bits per heavy atom. The predicted octanol–water partition coefficient (Wildman–Crippen LogP) is 3.52. The normalized spacial score (nSPS) is 10.3. The zero-order valence-corrected chi connectivity index (χ0v) is 11.6. The maximum Gasteiger partial charge on any atom is 0.169 e. The molecule has 19 heavy (non-hydrogen) atoms. The molecule has 0 unspecified atom stereocenters. The van der Waals surface area contributed by atoms with E-state index in [9.17, 15) is 0 Å². The van der Waals surface area contributed by atoms with Crippen LogP contribution in [0.5, 0.6) is 17.2 Å². The van der Waals surface area contributed by atoms with E-state index in [1.54, 1.807) is 7.11 Å². The number of nitrogens with one attached hydrogen (secondary N) is 1. The fourth-order valence-electron chi connectivity index (χ4n) is 1.91. The van der Waals surface area contributed by atoms with Gasteiger partial charge in [0.25, 0.3) is 0 Å². The van der Waals surface area contributed by atoms with E-state index in [2.05, 4.69) is 11.4 Å². The smallest absolute Gasteiger partial charge is 0.169 e. The van der Waals surface area contributed by atoms with Crippen LogP contribution in [0.3, 0.4) is 0 Å². The molecule has 0 aliphatic heterocycles. The third-order valence-electron chi connectivity index (χ3n) is 2.83. The molecule has 3 heteroatoms. The summed E-state index contributed by atoms with van der Waals surface area (Å²) in [5.74, 6) is 2.30. The van der Waals surface area contributed by atoms with E-state index in [1.165, 1.54) is 5.56 Å². The molecule has 2 rings (SSSR count). The van der Waals surface area contributed by atoms with Crippen LogP contribution in [0.15, 0.2) is 42.5 Å². The van der Waals surface area contributed by atoms with Crippen molar-refractivity contribution >= 4 is 0 Å². The lowest BCUT2D eigenvalue weighted by Gasteiger charge is -2.11. The maximum atomic E-state index is 5.89. The van der Waals surface area contributed by atoms with Crippen LogP contribution in [0.4, 0.5) is 0 Å². The van der Waals surface area contributed by atoms with E-state index in [1.807, 2.05) is 50.4 Å². The Labute approximate surface area is 114 Å². The van der Waals surface area contributed by atoms with Crippen molar-refractivity contribution in [1.82, 2.24) is 5.32 Å². The van der Waals surface area contributed by atoms with E-state index >= 15 is 0 Å². The first-order valence-electron chi connectivity index (χ1n) is 6.29. The fraction of sp³-hybridized carbons (Fsp3) is 0.250. The minimum absolute atomic E-state index is 0.731. The van der Waals surface area contributed by atoms with Crippen molar-refractivity contribution in [2.45, 2.75) is 13.5 Å². The molecule has 0 radical (unpaired) electrons. The Morgan fingerprint density at radius 2 is 1.89 bits per heavy atom. The highest BCUT2D eigenvalue weighted by molar-refractivity contribution is 5.45. The van der Waals surface area contributed by atoms with Crippen LogP contribution >= 0.6 is 0 Å². The van der Waals surface area contributed by atoms with Gasteiger partial charge in [-0.25, -0.2) is 0 Å². The second-order valence-electron chi connectivity index (χ2n) is 4.43. The van der Waals surface area contributed by atoms with Gasteiger partial charge in [-0.15, -0.1) is 0 Å². The topological polar surface area (TPSA) is 30.5 Å². The van der Waals surface area contributed by atoms with Crippen molar-refractivity contribution in [2.24, 2.45) is 0 Å². The molecule has 3 nitrogen and oxygen atoms in total. The molecular formula is C16H19NO2. The van der Waals surface area contributed by atoms with Crippen molar-refractivity contribution < 1.29 is 9.47 Å². The summed E-state index contributed by atoms with van der Waals surface area (Å²) in [5.41, 5.74) is 2.33. The molecular weight excluding hydrogens is 238 g/mol. The van der Waals surface area contributed by atoms with Gasteiger partial charge in [-0.1, -0.05) is 18.2 Å². The lowest BCUT2D eigenvalue weighted by Crippen LogP contribution is -2.04. The second-order valence-corrected chi connectivity index (χ2v) is 4.43.